The van der Waals surface area contributed by atoms with Crippen molar-refractivity contribution in [1.29, 1.82) is 0 Å². The van der Waals surface area contributed by atoms with Gasteiger partial charge in [0, 0.05) is 30.6 Å². The Morgan fingerprint density at radius 1 is 1.42 bits per heavy atom. The summed E-state index contributed by atoms with van der Waals surface area (Å²) in [6.07, 6.45) is 3.27. The summed E-state index contributed by atoms with van der Waals surface area (Å²) in [5.74, 6) is 0.125. The van der Waals surface area contributed by atoms with Crippen molar-refractivity contribution >= 4 is 32.2 Å². The molecule has 0 bridgehead atoms. The average Bonchev–Trinajstić information content (AvgIpc) is 3.38. The minimum atomic E-state index is -3.20. The fourth-order valence-corrected chi connectivity index (χ4v) is 5.36. The third-order valence-corrected chi connectivity index (χ3v) is 7.52. The van der Waals surface area contributed by atoms with Crippen molar-refractivity contribution in [3.05, 3.63) is 29.1 Å². The molecule has 1 saturated heterocycles. The van der Waals surface area contributed by atoms with Crippen molar-refractivity contribution in [3.63, 3.8) is 0 Å². The Labute approximate surface area is 158 Å². The lowest BCUT2D eigenvalue weighted by atomic mass is 10.1. The maximum absolute atomic E-state index is 12.2. The molecule has 0 amide bonds. The van der Waals surface area contributed by atoms with E-state index in [1.54, 1.807) is 18.3 Å². The number of hydrogen-bond donors (Lipinski definition) is 1. The van der Waals surface area contributed by atoms with Gasteiger partial charge in [-0.3, -0.25) is 4.31 Å². The van der Waals surface area contributed by atoms with Gasteiger partial charge in [0.05, 0.1) is 23.2 Å². The molecule has 0 spiro atoms. The number of hydrogen-bond acceptors (Lipinski definition) is 6. The number of nitrogens with one attached hydrogen (secondary N) is 1. The lowest BCUT2D eigenvalue weighted by Gasteiger charge is -2.18. The van der Waals surface area contributed by atoms with Crippen LogP contribution >= 0.6 is 11.3 Å². The van der Waals surface area contributed by atoms with Gasteiger partial charge in [0.15, 0.2) is 5.13 Å². The highest BCUT2D eigenvalue weighted by Crippen LogP contribution is 2.35. The van der Waals surface area contributed by atoms with E-state index < -0.39 is 10.0 Å². The van der Waals surface area contributed by atoms with Crippen LogP contribution in [0.1, 0.15) is 25.3 Å². The van der Waals surface area contributed by atoms with Crippen LogP contribution in [0.2, 0.25) is 0 Å². The van der Waals surface area contributed by atoms with Gasteiger partial charge in [-0.1, -0.05) is 6.07 Å². The Morgan fingerprint density at radius 3 is 3.08 bits per heavy atom. The number of benzene rings is 1. The fourth-order valence-electron chi connectivity index (χ4n) is 3.47. The monoisotopic (exact) mass is 393 g/mol. The van der Waals surface area contributed by atoms with Gasteiger partial charge in [-0.25, -0.2) is 13.4 Å². The molecule has 26 heavy (non-hydrogen) atoms. The molecule has 0 radical (unpaired) electrons. The molecule has 2 aliphatic rings. The van der Waals surface area contributed by atoms with Crippen LogP contribution in [0, 0.1) is 0 Å². The molecule has 3 heterocycles. The van der Waals surface area contributed by atoms with Crippen LogP contribution in [0.25, 0.3) is 11.3 Å². The molecular formula is C18H23N3O3S2. The number of fused-ring (bicyclic) bond motifs is 1. The smallest absolute Gasteiger partial charge is 0.234 e. The summed E-state index contributed by atoms with van der Waals surface area (Å²) in [6, 6.07) is 5.93. The van der Waals surface area contributed by atoms with Gasteiger partial charge < -0.3 is 10.1 Å². The van der Waals surface area contributed by atoms with Gasteiger partial charge in [0.1, 0.15) is 0 Å². The SMILES string of the molecule is CCS(=O)(=O)N1CCc2cc(-c3csc(NCC4CCCO4)n3)ccc21. The molecule has 4 rings (SSSR count). The molecule has 1 N–H and O–H groups in total. The first-order chi connectivity index (χ1) is 12.6. The minimum Gasteiger partial charge on any atom is -0.376 e. The van der Waals surface area contributed by atoms with E-state index in [2.05, 4.69) is 16.4 Å². The van der Waals surface area contributed by atoms with Gasteiger partial charge in [-0.15, -0.1) is 11.3 Å². The van der Waals surface area contributed by atoms with E-state index in [9.17, 15) is 8.42 Å². The quantitative estimate of drug-likeness (QED) is 0.816. The summed E-state index contributed by atoms with van der Waals surface area (Å²) in [7, 11) is -3.20. The molecule has 8 heteroatoms. The molecule has 140 valence electrons. The molecule has 1 aromatic carbocycles. The topological polar surface area (TPSA) is 71.5 Å². The number of ether oxygens (including phenoxy) is 1. The van der Waals surface area contributed by atoms with Gasteiger partial charge in [0.25, 0.3) is 0 Å². The van der Waals surface area contributed by atoms with Crippen molar-refractivity contribution in [1.82, 2.24) is 4.98 Å². The van der Waals surface area contributed by atoms with Crippen molar-refractivity contribution in [2.75, 3.05) is 35.1 Å². The van der Waals surface area contributed by atoms with Crippen molar-refractivity contribution in [2.45, 2.75) is 32.3 Å². The number of aromatic nitrogens is 1. The zero-order valence-electron chi connectivity index (χ0n) is 14.8. The first-order valence-electron chi connectivity index (χ1n) is 9.01. The Bertz CT molecular complexity index is 889. The third-order valence-electron chi connectivity index (χ3n) is 4.94. The molecule has 1 fully saturated rings. The number of thiazole rings is 1. The van der Waals surface area contributed by atoms with Crippen LogP contribution in [0.3, 0.4) is 0 Å². The zero-order valence-corrected chi connectivity index (χ0v) is 16.4. The highest BCUT2D eigenvalue weighted by molar-refractivity contribution is 7.92. The Kier molecular flexibility index (Phi) is 4.90. The first-order valence-corrected chi connectivity index (χ1v) is 11.5. The number of anilines is 2. The second-order valence-corrected chi connectivity index (χ2v) is 9.66. The molecule has 1 atom stereocenters. The zero-order chi connectivity index (χ0) is 18.1. The number of rotatable bonds is 6. The predicted molar refractivity (Wildman–Crippen MR) is 106 cm³/mol. The van der Waals surface area contributed by atoms with Crippen molar-refractivity contribution in [3.8, 4) is 11.3 Å². The van der Waals surface area contributed by atoms with E-state index in [4.69, 9.17) is 4.74 Å². The lowest BCUT2D eigenvalue weighted by molar-refractivity contribution is 0.120. The van der Waals surface area contributed by atoms with Crippen molar-refractivity contribution in [2.24, 2.45) is 0 Å². The summed E-state index contributed by atoms with van der Waals surface area (Å²) < 4.78 is 31.6. The fraction of sp³-hybridized carbons (Fsp3) is 0.500. The van der Waals surface area contributed by atoms with Crippen LogP contribution in [-0.2, 0) is 21.2 Å². The van der Waals surface area contributed by atoms with E-state index in [0.717, 1.165) is 60.1 Å². The standard InChI is InChI=1S/C18H23N3O3S2/c1-2-26(22,23)21-8-7-14-10-13(5-6-17(14)21)16-12-25-18(20-16)19-11-15-4-3-9-24-15/h5-6,10,12,15H,2-4,7-9,11H2,1H3,(H,19,20). The predicted octanol–water partition coefficient (Wildman–Crippen LogP) is 3.11. The first kappa shape index (κ1) is 17.8. The largest absolute Gasteiger partial charge is 0.376 e. The van der Waals surface area contributed by atoms with E-state index in [0.29, 0.717) is 6.54 Å². The lowest BCUT2D eigenvalue weighted by Crippen LogP contribution is -2.30. The van der Waals surface area contributed by atoms with E-state index in [1.165, 1.54) is 4.31 Å². The molecule has 2 aliphatic heterocycles. The third kappa shape index (κ3) is 3.45. The van der Waals surface area contributed by atoms with E-state index in [1.807, 2.05) is 17.5 Å². The molecule has 0 saturated carbocycles. The summed E-state index contributed by atoms with van der Waals surface area (Å²) in [4.78, 5) is 4.67. The molecule has 2 aromatic rings. The van der Waals surface area contributed by atoms with Crippen LogP contribution in [0.5, 0.6) is 0 Å². The maximum Gasteiger partial charge on any atom is 0.234 e. The molecule has 0 aliphatic carbocycles. The van der Waals surface area contributed by atoms with Crippen LogP contribution in [0.4, 0.5) is 10.8 Å². The Balaban J connectivity index is 1.49. The van der Waals surface area contributed by atoms with Crippen LogP contribution < -0.4 is 9.62 Å². The molecular weight excluding hydrogens is 370 g/mol. The van der Waals surface area contributed by atoms with Gasteiger partial charge in [-0.05, 0) is 43.9 Å². The van der Waals surface area contributed by atoms with Crippen molar-refractivity contribution < 1.29 is 13.2 Å². The summed E-state index contributed by atoms with van der Waals surface area (Å²) in [6.45, 7) is 3.86. The summed E-state index contributed by atoms with van der Waals surface area (Å²) in [5, 5.41) is 6.29. The van der Waals surface area contributed by atoms with Gasteiger partial charge in [0.2, 0.25) is 10.0 Å². The minimum absolute atomic E-state index is 0.125. The molecule has 1 unspecified atom stereocenters. The number of sulfonamides is 1. The van der Waals surface area contributed by atoms with Gasteiger partial charge >= 0.3 is 0 Å². The highest BCUT2D eigenvalue weighted by Gasteiger charge is 2.28. The maximum atomic E-state index is 12.2. The Morgan fingerprint density at radius 2 is 2.31 bits per heavy atom. The second-order valence-electron chi connectivity index (χ2n) is 6.62. The van der Waals surface area contributed by atoms with Crippen LogP contribution in [-0.4, -0.2) is 45.0 Å². The summed E-state index contributed by atoms with van der Waals surface area (Å²) in [5.41, 5.74) is 3.83. The van der Waals surface area contributed by atoms with Gasteiger partial charge in [-0.2, -0.15) is 0 Å². The normalized spacial score (nSPS) is 19.7. The van der Waals surface area contributed by atoms with E-state index >= 15 is 0 Å². The number of nitrogens with zero attached hydrogens (tertiary/aromatic N) is 2. The van der Waals surface area contributed by atoms with E-state index in [-0.39, 0.29) is 11.9 Å². The molecule has 1 aromatic heterocycles. The van der Waals surface area contributed by atoms with Crippen LogP contribution in [0.15, 0.2) is 23.6 Å². The molecule has 6 nitrogen and oxygen atoms in total. The summed E-state index contributed by atoms with van der Waals surface area (Å²) >= 11 is 1.59. The Hall–Kier alpha value is -1.64. The highest BCUT2D eigenvalue weighted by atomic mass is 32.2. The second kappa shape index (κ2) is 7.17. The average molecular weight is 394 g/mol.